The fourth-order valence-electron chi connectivity index (χ4n) is 3.98. The van der Waals surface area contributed by atoms with Crippen molar-refractivity contribution in [3.8, 4) is 5.75 Å². The molecule has 1 fully saturated rings. The quantitative estimate of drug-likeness (QED) is 0.522. The monoisotopic (exact) mass is 494 g/mol. The third-order valence-electron chi connectivity index (χ3n) is 5.60. The van der Waals surface area contributed by atoms with Gasteiger partial charge < -0.3 is 10.1 Å². The van der Waals surface area contributed by atoms with Gasteiger partial charge in [-0.25, -0.2) is 13.4 Å². The van der Waals surface area contributed by atoms with E-state index in [4.69, 9.17) is 4.74 Å². The first-order valence-corrected chi connectivity index (χ1v) is 13.7. The van der Waals surface area contributed by atoms with Crippen LogP contribution in [0, 0.1) is 11.8 Å². The van der Waals surface area contributed by atoms with Gasteiger partial charge in [-0.15, -0.1) is 11.3 Å². The molecule has 0 aliphatic carbocycles. The highest BCUT2D eigenvalue weighted by atomic mass is 32.2. The molecule has 33 heavy (non-hydrogen) atoms. The molecule has 1 aliphatic rings. The van der Waals surface area contributed by atoms with Crippen molar-refractivity contribution >= 4 is 32.4 Å². The third-order valence-corrected chi connectivity index (χ3v) is 7.89. The third kappa shape index (κ3) is 7.49. The second-order valence-electron chi connectivity index (χ2n) is 9.09. The van der Waals surface area contributed by atoms with Crippen molar-refractivity contribution in [3.05, 3.63) is 35.3 Å². The molecule has 8 nitrogen and oxygen atoms in total. The molecule has 0 saturated carbocycles. The number of likely N-dealkylation sites (tertiary alicyclic amines) is 1. The first-order valence-electron chi connectivity index (χ1n) is 11.3. The van der Waals surface area contributed by atoms with Gasteiger partial charge in [0.1, 0.15) is 11.8 Å². The van der Waals surface area contributed by atoms with E-state index >= 15 is 0 Å². The van der Waals surface area contributed by atoms with Gasteiger partial charge in [-0.2, -0.15) is 4.72 Å². The minimum Gasteiger partial charge on any atom is -0.497 e. The first kappa shape index (κ1) is 25.6. The number of anilines is 1. The number of hydrogen-bond donors (Lipinski definition) is 2. The Balaban J connectivity index is 1.66. The van der Waals surface area contributed by atoms with Crippen LogP contribution < -0.4 is 14.8 Å². The first-order chi connectivity index (χ1) is 15.7. The lowest BCUT2D eigenvalue weighted by Crippen LogP contribution is -2.44. The van der Waals surface area contributed by atoms with Crippen LogP contribution in [-0.4, -0.2) is 50.5 Å². The number of thiazole rings is 1. The predicted molar refractivity (Wildman–Crippen MR) is 131 cm³/mol. The van der Waals surface area contributed by atoms with Crippen molar-refractivity contribution in [2.45, 2.75) is 57.5 Å². The lowest BCUT2D eigenvalue weighted by molar-refractivity contribution is -0.118. The summed E-state index contributed by atoms with van der Waals surface area (Å²) in [5, 5.41) is 5.25. The molecule has 1 aromatic heterocycles. The summed E-state index contributed by atoms with van der Waals surface area (Å²) >= 11 is 1.36. The number of ether oxygens (including phenoxy) is 1. The number of carbonyl (C=O) groups is 1. The lowest BCUT2D eigenvalue weighted by Gasteiger charge is -2.30. The Morgan fingerprint density at radius 1 is 1.30 bits per heavy atom. The van der Waals surface area contributed by atoms with Gasteiger partial charge in [0.05, 0.1) is 17.7 Å². The van der Waals surface area contributed by atoms with E-state index in [-0.39, 0.29) is 10.8 Å². The zero-order valence-corrected chi connectivity index (χ0v) is 21.3. The zero-order valence-electron chi connectivity index (χ0n) is 19.7. The average molecular weight is 495 g/mol. The fourth-order valence-corrected chi connectivity index (χ4v) is 5.89. The Morgan fingerprint density at radius 2 is 2.03 bits per heavy atom. The number of amides is 1. The number of rotatable bonds is 10. The Morgan fingerprint density at radius 3 is 2.67 bits per heavy atom. The van der Waals surface area contributed by atoms with Crippen LogP contribution in [0.4, 0.5) is 5.13 Å². The molecule has 2 heterocycles. The fraction of sp³-hybridized carbons (Fsp3) is 0.565. The second-order valence-corrected chi connectivity index (χ2v) is 11.7. The van der Waals surface area contributed by atoms with Crippen LogP contribution in [0.5, 0.6) is 5.75 Å². The molecule has 10 heteroatoms. The summed E-state index contributed by atoms with van der Waals surface area (Å²) < 4.78 is 33.4. The number of nitrogens with one attached hydrogen (secondary N) is 2. The van der Waals surface area contributed by atoms with Gasteiger partial charge in [-0.05, 0) is 61.9 Å². The molecule has 3 rings (SSSR count). The van der Waals surface area contributed by atoms with E-state index in [1.165, 1.54) is 43.4 Å². The molecular weight excluding hydrogens is 460 g/mol. The number of carbonyl (C=O) groups excluding carboxylic acids is 1. The highest BCUT2D eigenvalue weighted by Crippen LogP contribution is 2.22. The Kier molecular flexibility index (Phi) is 8.86. The number of nitrogens with zero attached hydrogens (tertiary/aromatic N) is 2. The van der Waals surface area contributed by atoms with E-state index < -0.39 is 22.0 Å². The van der Waals surface area contributed by atoms with Gasteiger partial charge in [0.15, 0.2) is 5.13 Å². The predicted octanol–water partition coefficient (Wildman–Crippen LogP) is 3.72. The van der Waals surface area contributed by atoms with Gasteiger partial charge in [0.25, 0.3) is 0 Å². The van der Waals surface area contributed by atoms with Crippen LogP contribution >= 0.6 is 11.3 Å². The van der Waals surface area contributed by atoms with E-state index in [0.29, 0.717) is 23.2 Å². The van der Waals surface area contributed by atoms with Crippen molar-refractivity contribution < 1.29 is 17.9 Å². The molecule has 1 amide bonds. The van der Waals surface area contributed by atoms with Crippen molar-refractivity contribution in [3.63, 3.8) is 0 Å². The van der Waals surface area contributed by atoms with E-state index in [2.05, 4.69) is 26.8 Å². The van der Waals surface area contributed by atoms with Gasteiger partial charge in [0.2, 0.25) is 15.9 Å². The smallest absolute Gasteiger partial charge is 0.244 e. The molecule has 2 atom stereocenters. The maximum atomic E-state index is 13.0. The molecular formula is C23H34N4O4S2. The molecule has 2 N–H and O–H groups in total. The van der Waals surface area contributed by atoms with Gasteiger partial charge in [-0.3, -0.25) is 9.69 Å². The maximum absolute atomic E-state index is 13.0. The summed E-state index contributed by atoms with van der Waals surface area (Å²) in [5.74, 6) is 0.955. The summed E-state index contributed by atoms with van der Waals surface area (Å²) in [6.45, 7) is 9.04. The molecule has 1 aromatic carbocycles. The van der Waals surface area contributed by atoms with Crippen molar-refractivity contribution in [2.24, 2.45) is 11.8 Å². The van der Waals surface area contributed by atoms with Crippen molar-refractivity contribution in [1.82, 2.24) is 14.6 Å². The molecule has 1 aliphatic heterocycles. The zero-order chi connectivity index (χ0) is 24.0. The van der Waals surface area contributed by atoms with Crippen molar-refractivity contribution in [1.29, 1.82) is 0 Å². The molecule has 0 spiro atoms. The summed E-state index contributed by atoms with van der Waals surface area (Å²) in [6, 6.07) is 5.16. The van der Waals surface area contributed by atoms with Crippen molar-refractivity contribution in [2.75, 3.05) is 25.5 Å². The molecule has 2 unspecified atom stereocenters. The molecule has 0 bridgehead atoms. The number of benzene rings is 1. The van der Waals surface area contributed by atoms with E-state index in [1.807, 2.05) is 19.2 Å². The topological polar surface area (TPSA) is 101 Å². The van der Waals surface area contributed by atoms with Gasteiger partial charge >= 0.3 is 0 Å². The summed E-state index contributed by atoms with van der Waals surface area (Å²) in [4.78, 5) is 20.0. The van der Waals surface area contributed by atoms with Gasteiger partial charge in [-0.1, -0.05) is 20.8 Å². The Bertz CT molecular complexity index is 1020. The number of piperidine rings is 1. The average Bonchev–Trinajstić information content (AvgIpc) is 3.19. The largest absolute Gasteiger partial charge is 0.497 e. The molecule has 182 valence electrons. The van der Waals surface area contributed by atoms with Crippen LogP contribution in [-0.2, 0) is 21.4 Å². The molecule has 2 aromatic rings. The number of methoxy groups -OCH3 is 1. The van der Waals surface area contributed by atoms with E-state index in [1.54, 1.807) is 12.1 Å². The number of sulfonamides is 1. The molecule has 0 radical (unpaired) electrons. The summed E-state index contributed by atoms with van der Waals surface area (Å²) in [5.41, 5.74) is 0.920. The standard InChI is InChI=1S/C23H34N4O4S2/c1-16(2)12-21(26-33(29,30)20-9-7-19(31-4)8-10-20)22(28)25-23-24-18(15-32-23)14-27-11-5-6-17(3)13-27/h7-10,15-17,21,26H,5-6,11-14H2,1-4H3,(H,24,25,28). The summed E-state index contributed by atoms with van der Waals surface area (Å²) in [7, 11) is -2.36. The van der Waals surface area contributed by atoms with Crippen LogP contribution in [0.1, 0.15) is 45.7 Å². The van der Waals surface area contributed by atoms with Crippen LogP contribution in [0.15, 0.2) is 34.5 Å². The minimum absolute atomic E-state index is 0.0807. The van der Waals surface area contributed by atoms with Crippen LogP contribution in [0.25, 0.3) is 0 Å². The number of aromatic nitrogens is 1. The number of hydrogen-bond acceptors (Lipinski definition) is 7. The second kappa shape index (κ2) is 11.4. The minimum atomic E-state index is -3.88. The highest BCUT2D eigenvalue weighted by molar-refractivity contribution is 7.89. The maximum Gasteiger partial charge on any atom is 0.244 e. The SMILES string of the molecule is COc1ccc(S(=O)(=O)NC(CC(C)C)C(=O)Nc2nc(CN3CCCC(C)C3)cs2)cc1. The van der Waals surface area contributed by atoms with E-state index in [9.17, 15) is 13.2 Å². The highest BCUT2D eigenvalue weighted by Gasteiger charge is 2.27. The lowest BCUT2D eigenvalue weighted by atomic mass is 10.0. The summed E-state index contributed by atoms with van der Waals surface area (Å²) in [6.07, 6.45) is 2.82. The van der Waals surface area contributed by atoms with Crippen LogP contribution in [0.2, 0.25) is 0 Å². The Labute approximate surface area is 200 Å². The Hall–Kier alpha value is -2.01. The van der Waals surface area contributed by atoms with Crippen LogP contribution in [0.3, 0.4) is 0 Å². The molecule has 1 saturated heterocycles. The normalized spacial score (nSPS) is 18.3. The van der Waals surface area contributed by atoms with E-state index in [0.717, 1.165) is 25.3 Å². The van der Waals surface area contributed by atoms with Gasteiger partial charge in [0, 0.05) is 18.5 Å².